The molecule has 48 heavy (non-hydrogen) atoms. The maximum atomic E-state index is 13.0. The van der Waals surface area contributed by atoms with E-state index >= 15 is 0 Å². The summed E-state index contributed by atoms with van der Waals surface area (Å²) < 4.78 is 12.2. The van der Waals surface area contributed by atoms with Gasteiger partial charge in [0, 0.05) is 50.3 Å². The van der Waals surface area contributed by atoms with Gasteiger partial charge in [0.1, 0.15) is 22.9 Å². The average Bonchev–Trinajstić information content (AvgIpc) is 3.09. The third-order valence-electron chi connectivity index (χ3n) is 7.15. The van der Waals surface area contributed by atoms with E-state index in [2.05, 4.69) is 52.8 Å². The van der Waals surface area contributed by atoms with Gasteiger partial charge in [0.15, 0.2) is 0 Å². The van der Waals surface area contributed by atoms with E-state index in [1.54, 1.807) is 58.0 Å². The third kappa shape index (κ3) is 13.4. The van der Waals surface area contributed by atoms with Crippen LogP contribution in [-0.2, 0) is 41.6 Å². The fourth-order valence-corrected chi connectivity index (χ4v) is 7.25. The number of ether oxygens (including phenoxy) is 2. The highest BCUT2D eigenvalue weighted by molar-refractivity contribution is 9.11. The molecule has 2 fully saturated rings. The lowest BCUT2D eigenvalue weighted by Gasteiger charge is -2.20. The number of nitrogens with zero attached hydrogens (tertiary/aromatic N) is 2. The highest BCUT2D eigenvalue weighted by Crippen LogP contribution is 2.26. The summed E-state index contributed by atoms with van der Waals surface area (Å²) in [6.45, 7) is 2.01. The Balaban J connectivity index is 1.20. The molecule has 0 spiro atoms. The number of amides is 2. The van der Waals surface area contributed by atoms with Gasteiger partial charge in [-0.25, -0.2) is 0 Å². The number of nitrogens with one attached hydrogen (secondary N) is 2. The molecule has 262 valence electrons. The fraction of sp³-hybridized carbons (Fsp3) is 0.500. The Kier molecular flexibility index (Phi) is 16.7. The summed E-state index contributed by atoms with van der Waals surface area (Å²) in [7, 11) is 3.14. The number of phenolic OH excluding ortho intramolecular Hbond substituents is 2. The van der Waals surface area contributed by atoms with Crippen LogP contribution in [0, 0.1) is 0 Å². The molecule has 2 aliphatic heterocycles. The van der Waals surface area contributed by atoms with Crippen LogP contribution < -0.4 is 10.6 Å². The maximum absolute atomic E-state index is 13.0. The molecule has 2 atom stereocenters. The lowest BCUT2D eigenvalue weighted by atomic mass is 10.1. The van der Waals surface area contributed by atoms with Gasteiger partial charge in [-0.05, 0) is 92.9 Å². The zero-order chi connectivity index (χ0) is 34.1. The summed E-state index contributed by atoms with van der Waals surface area (Å²) in [5.41, 5.74) is 1.98. The minimum atomic E-state index is -0.476. The van der Waals surface area contributed by atoms with Gasteiger partial charge in [-0.1, -0.05) is 44.0 Å². The van der Waals surface area contributed by atoms with E-state index in [1.165, 1.54) is 0 Å². The largest absolute Gasteiger partial charge is 0.507 e. The minimum Gasteiger partial charge on any atom is -0.507 e. The average molecular weight is 833 g/mol. The lowest BCUT2D eigenvalue weighted by molar-refractivity contribution is -0.162. The summed E-state index contributed by atoms with van der Waals surface area (Å²) in [6, 6.07) is 10.0. The number of rotatable bonds is 17. The van der Waals surface area contributed by atoms with Gasteiger partial charge in [-0.3, -0.25) is 9.59 Å². The number of phenols is 2. The van der Waals surface area contributed by atoms with Gasteiger partial charge in [0.05, 0.1) is 22.2 Å². The number of halogens is 2. The number of benzene rings is 2. The zero-order valence-electron chi connectivity index (χ0n) is 26.3. The molecule has 12 nitrogen and oxygen atoms in total. The number of carbonyl (C=O) groups excluding carboxylic acids is 2. The highest BCUT2D eigenvalue weighted by atomic mass is 79.9. The first-order valence-electron chi connectivity index (χ1n) is 15.7. The second-order valence-electron chi connectivity index (χ2n) is 11.0. The van der Waals surface area contributed by atoms with Gasteiger partial charge in [0.2, 0.25) is 12.6 Å². The second kappa shape index (κ2) is 20.9. The van der Waals surface area contributed by atoms with Crippen LogP contribution in [0.25, 0.3) is 0 Å². The molecule has 0 radical (unpaired) electrons. The standard InChI is InChI=1S/C32H40Br2N4O8S2/c33-23-17-21(7-9-27(23)39)19-25(37-45-29-5-1-3-13-43-29)31(41)35-11-15-47-48-16-12-36-32(42)26(38-46-30-6-2-4-14-44-30)20-22-8-10-28(40)24(34)18-22/h7-10,17-18,29-30,39-40H,1-6,11-16,19-20H2,(H,35,41)(H,36,42)/b37-25+,38-26+. The van der Waals surface area contributed by atoms with Crippen LogP contribution >= 0.6 is 53.4 Å². The van der Waals surface area contributed by atoms with Crippen molar-refractivity contribution in [3.8, 4) is 11.5 Å². The smallest absolute Gasteiger partial charge is 0.269 e. The van der Waals surface area contributed by atoms with Crippen LogP contribution in [0.3, 0.4) is 0 Å². The Morgan fingerprint density at radius 2 is 1.19 bits per heavy atom. The Labute approximate surface area is 304 Å². The van der Waals surface area contributed by atoms with E-state index in [9.17, 15) is 19.8 Å². The lowest BCUT2D eigenvalue weighted by Crippen LogP contribution is -2.35. The summed E-state index contributed by atoms with van der Waals surface area (Å²) in [5, 5.41) is 33.7. The van der Waals surface area contributed by atoms with Crippen LogP contribution in [0.5, 0.6) is 11.5 Å². The molecule has 0 saturated carbocycles. The molecule has 0 aromatic heterocycles. The Bertz CT molecular complexity index is 1320. The van der Waals surface area contributed by atoms with Crippen molar-refractivity contribution in [2.45, 2.75) is 63.9 Å². The van der Waals surface area contributed by atoms with Crippen LogP contribution in [-0.4, -0.2) is 83.8 Å². The Hall–Kier alpha value is -2.50. The van der Waals surface area contributed by atoms with Gasteiger partial charge in [-0.15, -0.1) is 0 Å². The summed E-state index contributed by atoms with van der Waals surface area (Å²) in [5.74, 6) is 0.788. The van der Waals surface area contributed by atoms with Crippen LogP contribution in [0.4, 0.5) is 0 Å². The summed E-state index contributed by atoms with van der Waals surface area (Å²) in [6.07, 6.45) is 4.80. The molecule has 2 aromatic rings. The molecule has 2 saturated heterocycles. The van der Waals surface area contributed by atoms with Gasteiger partial charge in [0.25, 0.3) is 11.8 Å². The molecule has 0 bridgehead atoms. The quantitative estimate of drug-likeness (QED) is 0.0663. The second-order valence-corrected chi connectivity index (χ2v) is 15.4. The summed E-state index contributed by atoms with van der Waals surface area (Å²) >= 11 is 6.62. The predicted molar refractivity (Wildman–Crippen MR) is 194 cm³/mol. The Morgan fingerprint density at radius 1 is 0.750 bits per heavy atom. The van der Waals surface area contributed by atoms with Crippen molar-refractivity contribution >= 4 is 76.7 Å². The van der Waals surface area contributed by atoms with Crippen molar-refractivity contribution < 1.29 is 39.0 Å². The van der Waals surface area contributed by atoms with Gasteiger partial charge >= 0.3 is 0 Å². The number of oxime groups is 2. The number of hydrogen-bond acceptors (Lipinski definition) is 12. The maximum Gasteiger partial charge on any atom is 0.269 e. The van der Waals surface area contributed by atoms with Crippen molar-refractivity contribution in [1.82, 2.24) is 10.6 Å². The van der Waals surface area contributed by atoms with E-state index in [4.69, 9.17) is 19.1 Å². The van der Waals surface area contributed by atoms with Crippen molar-refractivity contribution in [2.75, 3.05) is 37.8 Å². The first-order valence-corrected chi connectivity index (χ1v) is 19.8. The van der Waals surface area contributed by atoms with Crippen molar-refractivity contribution in [2.24, 2.45) is 10.3 Å². The normalized spacial score (nSPS) is 18.6. The molecule has 2 aliphatic rings. The molecule has 2 aromatic carbocycles. The SMILES string of the molecule is O=C(NCCSSCCNC(=O)/C(Cc1ccc(O)c(Br)c1)=N/OC1CCCCO1)/C(Cc1ccc(O)c(Br)c1)=N/OC1CCCCO1. The first-order chi connectivity index (χ1) is 23.3. The van der Waals surface area contributed by atoms with E-state index in [-0.39, 0.29) is 47.6 Å². The number of carbonyl (C=O) groups is 2. The van der Waals surface area contributed by atoms with Gasteiger partial charge in [-0.2, -0.15) is 0 Å². The molecule has 16 heteroatoms. The zero-order valence-corrected chi connectivity index (χ0v) is 31.1. The van der Waals surface area contributed by atoms with Crippen LogP contribution in [0.2, 0.25) is 0 Å². The van der Waals surface area contributed by atoms with Crippen molar-refractivity contribution in [1.29, 1.82) is 0 Å². The molecule has 0 aliphatic carbocycles. The summed E-state index contributed by atoms with van der Waals surface area (Å²) in [4.78, 5) is 37.2. The van der Waals surface area contributed by atoms with Crippen LogP contribution in [0.15, 0.2) is 55.7 Å². The first kappa shape index (κ1) is 38.3. The molecule has 2 unspecified atom stereocenters. The van der Waals surface area contributed by atoms with Crippen molar-refractivity contribution in [3.05, 3.63) is 56.5 Å². The molecular formula is C32H40Br2N4O8S2. The predicted octanol–water partition coefficient (Wildman–Crippen LogP) is 5.82. The highest BCUT2D eigenvalue weighted by Gasteiger charge is 2.20. The number of aromatic hydroxyl groups is 2. The van der Waals surface area contributed by atoms with E-state index in [0.29, 0.717) is 59.6 Å². The van der Waals surface area contributed by atoms with E-state index < -0.39 is 12.6 Å². The fourth-order valence-electron chi connectivity index (χ4n) is 4.58. The molecule has 2 heterocycles. The molecule has 4 N–H and O–H groups in total. The van der Waals surface area contributed by atoms with E-state index in [0.717, 1.165) is 36.8 Å². The third-order valence-corrected chi connectivity index (χ3v) is 10.8. The topological polar surface area (TPSA) is 160 Å². The van der Waals surface area contributed by atoms with E-state index in [1.807, 2.05) is 0 Å². The van der Waals surface area contributed by atoms with Crippen molar-refractivity contribution in [3.63, 3.8) is 0 Å². The van der Waals surface area contributed by atoms with Crippen LogP contribution in [0.1, 0.15) is 49.7 Å². The molecule has 2 amide bonds. The monoisotopic (exact) mass is 830 g/mol. The molecular weight excluding hydrogens is 792 g/mol. The number of hydrogen-bond donors (Lipinski definition) is 4. The minimum absolute atomic E-state index is 0.109. The Morgan fingerprint density at radius 3 is 1.56 bits per heavy atom. The molecule has 4 rings (SSSR count). The van der Waals surface area contributed by atoms with Gasteiger partial charge < -0.3 is 40.0 Å².